The van der Waals surface area contributed by atoms with Crippen LogP contribution in [0.5, 0.6) is 0 Å². The molecule has 10 aromatic rings. The highest BCUT2D eigenvalue weighted by atomic mass is 32.2. The van der Waals surface area contributed by atoms with Gasteiger partial charge >= 0.3 is 0 Å². The summed E-state index contributed by atoms with van der Waals surface area (Å²) in [5.41, 5.74) is 11.8. The number of rotatable bonds is 32. The van der Waals surface area contributed by atoms with Crippen LogP contribution in [0.4, 0.5) is 39.8 Å². The van der Waals surface area contributed by atoms with Crippen molar-refractivity contribution in [3.05, 3.63) is 306 Å². The average molecular weight is 1620 g/mol. The van der Waals surface area contributed by atoms with Crippen LogP contribution in [0.2, 0.25) is 0 Å². The first-order valence-corrected chi connectivity index (χ1v) is 43.7. The second-order valence-corrected chi connectivity index (χ2v) is 36.0. The zero-order chi connectivity index (χ0) is 79.6. The van der Waals surface area contributed by atoms with E-state index in [0.717, 1.165) is 39.7 Å². The van der Waals surface area contributed by atoms with E-state index in [1.165, 1.54) is 72.8 Å². The van der Waals surface area contributed by atoms with Gasteiger partial charge in [0.1, 0.15) is 0 Å². The molecule has 0 spiro atoms. The third-order valence-electron chi connectivity index (χ3n) is 19.9. The van der Waals surface area contributed by atoms with Gasteiger partial charge in [-0.2, -0.15) is 50.5 Å². The van der Waals surface area contributed by atoms with Crippen molar-refractivity contribution >= 4 is 112 Å². The summed E-state index contributed by atoms with van der Waals surface area (Å²) < 4.78 is 210. The smallest absolute Gasteiger partial charge is 0.294 e. The Labute approximate surface area is 647 Å². The monoisotopic (exact) mass is 1620 g/mol. The molecule has 0 saturated carbocycles. The Morgan fingerprint density at radius 1 is 0.252 bits per heavy atom. The molecule has 10 aromatic carbocycles. The first-order chi connectivity index (χ1) is 52.5. The van der Waals surface area contributed by atoms with Crippen molar-refractivity contribution in [2.45, 2.75) is 123 Å². The molecule has 0 fully saturated rings. The van der Waals surface area contributed by atoms with E-state index >= 15 is 0 Å². The first kappa shape index (κ1) is 81.9. The molecule has 7 unspecified atom stereocenters. The Morgan fingerprint density at radius 3 is 0.649 bits per heavy atom. The van der Waals surface area contributed by atoms with Gasteiger partial charge < -0.3 is 16.0 Å². The summed E-state index contributed by atoms with van der Waals surface area (Å²) >= 11 is 0. The van der Waals surface area contributed by atoms with Crippen LogP contribution in [-0.2, 0) is 60.7 Å². The number of hydrogen-bond donors (Lipinski definition) is 9. The molecule has 29 heteroatoms. The second-order valence-electron chi connectivity index (χ2n) is 27.5. The van der Waals surface area contributed by atoms with Crippen molar-refractivity contribution in [1.82, 2.24) is 0 Å². The lowest BCUT2D eigenvalue weighted by molar-refractivity contribution is 0.386. The average Bonchev–Trinajstić information content (AvgIpc) is 0.796. The van der Waals surface area contributed by atoms with E-state index in [1.54, 1.807) is 72.8 Å². The summed E-state index contributed by atoms with van der Waals surface area (Å²) in [7, 11) is -26.1. The highest BCUT2D eigenvalue weighted by Gasteiger charge is 2.32. The molecule has 0 heterocycles. The Kier molecular flexibility index (Phi) is 25.6. The van der Waals surface area contributed by atoms with Crippen LogP contribution >= 0.6 is 0 Å². The molecular weight excluding hydrogens is 1540 g/mol. The molecule has 11 rings (SSSR count). The van der Waals surface area contributed by atoms with Gasteiger partial charge in [-0.25, -0.2) is 9.98 Å². The lowest BCUT2D eigenvalue weighted by Crippen LogP contribution is -2.17. The fourth-order valence-corrected chi connectivity index (χ4v) is 16.8. The van der Waals surface area contributed by atoms with Crippen molar-refractivity contribution in [3.63, 3.8) is 0 Å². The minimum atomic E-state index is -4.74. The molecule has 0 radical (unpaired) electrons. The normalized spacial score (nSPS) is 14.8. The van der Waals surface area contributed by atoms with Gasteiger partial charge in [-0.3, -0.25) is 27.3 Å². The molecule has 23 nitrogen and oxygen atoms in total. The predicted molar refractivity (Wildman–Crippen MR) is 430 cm³/mol. The molecule has 0 aromatic heterocycles. The fourth-order valence-electron chi connectivity index (χ4n) is 14.0. The van der Waals surface area contributed by atoms with Crippen molar-refractivity contribution < 1.29 is 77.8 Å². The van der Waals surface area contributed by atoms with Crippen LogP contribution in [0, 0.1) is 0 Å². The third kappa shape index (κ3) is 22.6. The summed E-state index contributed by atoms with van der Waals surface area (Å²) in [5, 5.41) is 10.00. The number of benzene rings is 10. The van der Waals surface area contributed by atoms with Crippen LogP contribution in [0.3, 0.4) is 0 Å². The predicted octanol–water partition coefficient (Wildman–Crippen LogP) is 17.8. The fraction of sp³-hybridized carbons (Fsp3) is 0.195. The molecule has 0 amide bonds. The Hall–Kier alpha value is -10.1. The van der Waals surface area contributed by atoms with E-state index in [0.29, 0.717) is 69.7 Å². The van der Waals surface area contributed by atoms with E-state index in [1.807, 2.05) is 142 Å². The summed E-state index contributed by atoms with van der Waals surface area (Å²) in [6.45, 7) is 3.82. The van der Waals surface area contributed by atoms with Crippen LogP contribution in [0.1, 0.15) is 133 Å². The van der Waals surface area contributed by atoms with Crippen LogP contribution in [0.25, 0.3) is 0 Å². The topological polar surface area (TPSA) is 387 Å². The van der Waals surface area contributed by atoms with E-state index in [9.17, 15) is 77.8 Å². The maximum absolute atomic E-state index is 12.7. The number of aliphatic imine (C=N–C) groups is 2. The largest absolute Gasteiger partial charge is 0.388 e. The van der Waals surface area contributed by atoms with Gasteiger partial charge in [0.05, 0.1) is 52.2 Å². The molecule has 111 heavy (non-hydrogen) atoms. The van der Waals surface area contributed by atoms with Crippen LogP contribution in [0.15, 0.2) is 306 Å². The number of nitrogens with one attached hydrogen (secondary N) is 3. The summed E-state index contributed by atoms with van der Waals surface area (Å²) in [4.78, 5) is 7.43. The van der Waals surface area contributed by atoms with Gasteiger partial charge in [0.2, 0.25) is 0 Å². The van der Waals surface area contributed by atoms with E-state index in [2.05, 4.69) is 16.0 Å². The first-order valence-electron chi connectivity index (χ1n) is 35.1. The molecule has 7 atom stereocenters. The minimum absolute atomic E-state index is 0.194. The Morgan fingerprint density at radius 2 is 0.432 bits per heavy atom. The van der Waals surface area contributed by atoms with Crippen molar-refractivity contribution in [1.29, 1.82) is 0 Å². The zero-order valence-electron chi connectivity index (χ0n) is 60.1. The lowest BCUT2D eigenvalue weighted by atomic mass is 9.71. The summed E-state index contributed by atoms with van der Waals surface area (Å²) in [6, 6.07) is 65.2. The maximum atomic E-state index is 12.7. The number of allylic oxidation sites excluding steroid dienone is 4. The Bertz CT molecular complexity index is 5790. The Balaban J connectivity index is 0.952. The van der Waals surface area contributed by atoms with E-state index < -0.39 is 100 Å². The third-order valence-corrected chi connectivity index (χ3v) is 25.1. The van der Waals surface area contributed by atoms with Crippen molar-refractivity contribution in [2.75, 3.05) is 23.0 Å². The molecule has 1 aliphatic rings. The molecular formula is C82H81N5O18S6. The van der Waals surface area contributed by atoms with Crippen LogP contribution < -0.4 is 16.0 Å². The second kappa shape index (κ2) is 34.6. The van der Waals surface area contributed by atoms with Crippen molar-refractivity contribution in [3.8, 4) is 0 Å². The number of anilines is 5. The highest BCUT2D eigenvalue weighted by molar-refractivity contribution is 7.87. The quantitative estimate of drug-likeness (QED) is 0.0140. The van der Waals surface area contributed by atoms with E-state index in [4.69, 9.17) is 9.98 Å². The van der Waals surface area contributed by atoms with Gasteiger partial charge in [-0.05, 0) is 301 Å². The molecule has 0 saturated heterocycles. The van der Waals surface area contributed by atoms with Gasteiger partial charge in [-0.1, -0.05) is 98.8 Å². The van der Waals surface area contributed by atoms with Gasteiger partial charge in [0, 0.05) is 35.5 Å². The van der Waals surface area contributed by atoms with Crippen LogP contribution in [-0.4, -0.2) is 96.3 Å². The molecule has 0 aliphatic heterocycles. The standard InChI is InChI=1S/C82H81N5O18S6/c1-54(56-6-36-77(37-7-56)106(88,89)90)48-63(59-10-40-79(41-11-59)108(94,95)96)50-65(58-4-18-69(19-5-58)84-71-24-26-73(27-25-71)86-75-32-34-76(35-33-75)87-74-30-28-72(29-31-74)85-70-22-20-68(83-3)21-23-70)52-67(62-16-46-82(47-17-62)111(103,104)105)53-66(61-14-44-81(45-15-61)110(100,101)102)51-64(60-12-42-80(43-13-60)109(97,98)99)49-55(2)57-8-38-78(39-9-57)107(91,92)93/h4-47,54-55,63-67,83-85H,48-53H2,1-3H3,(H,88,89,90)(H,91,92,93)(H,94,95,96)(H,97,98,99)(H,100,101,102)(H,103,104,105). The van der Waals surface area contributed by atoms with Crippen molar-refractivity contribution in [2.24, 2.45) is 9.98 Å². The number of nitrogens with zero attached hydrogens (tertiary/aromatic N) is 2. The van der Waals surface area contributed by atoms with Gasteiger partial charge in [0.15, 0.2) is 0 Å². The maximum Gasteiger partial charge on any atom is 0.294 e. The number of hydrogen-bond acceptors (Lipinski definition) is 17. The summed E-state index contributed by atoms with van der Waals surface area (Å²) in [6.07, 6.45) is 9.17. The minimum Gasteiger partial charge on any atom is -0.388 e. The van der Waals surface area contributed by atoms with E-state index in [-0.39, 0.29) is 50.7 Å². The van der Waals surface area contributed by atoms with Gasteiger partial charge in [0.25, 0.3) is 60.7 Å². The zero-order valence-corrected chi connectivity index (χ0v) is 65.0. The lowest BCUT2D eigenvalue weighted by Gasteiger charge is -2.33. The molecule has 0 bridgehead atoms. The molecule has 9 N–H and O–H groups in total. The highest BCUT2D eigenvalue weighted by Crippen LogP contribution is 2.48. The van der Waals surface area contributed by atoms with Gasteiger partial charge in [-0.15, -0.1) is 0 Å². The SMILES string of the molecule is CNc1ccc(Nc2ccc(N=C3C=CC(=Nc4ccc(Nc5ccc(C(CC(CC(C)c6ccc(S(=O)(=O)O)cc6)c6ccc(S(=O)(=O)O)cc6)CC(CC(CC(CC(C)c6ccc(S(=O)(=O)O)cc6)c6ccc(S(=O)(=O)O)cc6)c6ccc(S(=O)(=O)O)cc6)c6ccc(S(=O)(=O)O)cc6)cc5)cc4)C=C3)cc2)cc1. The molecule has 1 aliphatic carbocycles. The molecule has 578 valence electrons. The summed E-state index contributed by atoms with van der Waals surface area (Å²) in [5.74, 6) is -3.41.